The van der Waals surface area contributed by atoms with Crippen molar-refractivity contribution < 1.29 is 4.42 Å². The van der Waals surface area contributed by atoms with E-state index >= 15 is 0 Å². The van der Waals surface area contributed by atoms with Crippen LogP contribution in [0, 0.1) is 6.92 Å². The normalized spacial score (nSPS) is 11.8. The molecule has 0 aliphatic heterocycles. The lowest BCUT2D eigenvalue weighted by molar-refractivity contribution is 0.638. The molecule has 1 aromatic heterocycles. The quantitative estimate of drug-likeness (QED) is 0.546. The van der Waals surface area contributed by atoms with E-state index in [9.17, 15) is 0 Å². The fourth-order valence-electron chi connectivity index (χ4n) is 2.12. The Hall–Kier alpha value is -1.59. The van der Waals surface area contributed by atoms with Gasteiger partial charge in [0.15, 0.2) is 5.49 Å². The molecule has 3 aromatic rings. The summed E-state index contributed by atoms with van der Waals surface area (Å²) in [6.45, 7) is 6.55. The van der Waals surface area contributed by atoms with Gasteiger partial charge in [0.25, 0.3) is 0 Å². The van der Waals surface area contributed by atoms with Crippen molar-refractivity contribution in [1.82, 2.24) is 0 Å². The maximum atomic E-state index is 5.97. The minimum atomic E-state index is 0.559. The second-order valence-electron chi connectivity index (χ2n) is 5.27. The third-order valence-electron chi connectivity index (χ3n) is 3.38. The van der Waals surface area contributed by atoms with Crippen molar-refractivity contribution in [2.45, 2.75) is 26.7 Å². The zero-order valence-electron chi connectivity index (χ0n) is 11.5. The molecule has 0 atom stereocenters. The molecule has 1 heterocycles. The molecule has 0 saturated heterocycles. The molecule has 0 aliphatic rings. The Labute approximate surface area is 115 Å². The monoisotopic (exact) mass is 268 g/mol. The third kappa shape index (κ3) is 2.43. The summed E-state index contributed by atoms with van der Waals surface area (Å²) < 4.78 is 5.97. The molecular weight excluding hydrogens is 251 g/mol. The lowest BCUT2D eigenvalue weighted by Crippen LogP contribution is -1.84. The van der Waals surface area contributed by atoms with Gasteiger partial charge in [-0.15, -0.1) is 0 Å². The molecule has 3 rings (SSSR count). The molecule has 1 nitrogen and oxygen atoms in total. The third-order valence-corrected chi connectivity index (χ3v) is 4.52. The van der Waals surface area contributed by atoms with Gasteiger partial charge in [-0.1, -0.05) is 49.7 Å². The molecule has 0 spiro atoms. The van der Waals surface area contributed by atoms with E-state index in [1.54, 1.807) is 0 Å². The summed E-state index contributed by atoms with van der Waals surface area (Å²) in [5.74, 6) is 0.559. The van der Waals surface area contributed by atoms with Crippen molar-refractivity contribution in [1.29, 1.82) is 0 Å². The van der Waals surface area contributed by atoms with Crippen LogP contribution in [0.15, 0.2) is 46.9 Å². The molecule has 0 saturated carbocycles. The van der Waals surface area contributed by atoms with E-state index in [-0.39, 0.29) is 0 Å². The van der Waals surface area contributed by atoms with Gasteiger partial charge in [-0.2, -0.15) is 0 Å². The van der Waals surface area contributed by atoms with Gasteiger partial charge in [0.1, 0.15) is 5.58 Å². The fourth-order valence-corrected chi connectivity index (χ4v) is 3.21. The lowest BCUT2D eigenvalue weighted by atomic mass is 10.0. The van der Waals surface area contributed by atoms with E-state index < -0.39 is 0 Å². The molecule has 0 radical (unpaired) electrons. The van der Waals surface area contributed by atoms with Crippen LogP contribution in [0.5, 0.6) is 0 Å². The molecule has 0 unspecified atom stereocenters. The highest BCUT2D eigenvalue weighted by atomic mass is 31.0. The molecule has 0 bridgehead atoms. The Bertz CT molecular complexity index is 708. The van der Waals surface area contributed by atoms with E-state index in [1.807, 2.05) is 0 Å². The molecule has 0 amide bonds. The van der Waals surface area contributed by atoms with Gasteiger partial charge in [0.05, 0.1) is 0 Å². The molecule has 2 aromatic carbocycles. The average Bonchev–Trinajstić information content (AvgIpc) is 2.82. The van der Waals surface area contributed by atoms with Crippen LogP contribution in [0.3, 0.4) is 0 Å². The Kier molecular flexibility index (Phi) is 3.16. The van der Waals surface area contributed by atoms with Crippen LogP contribution in [-0.4, -0.2) is 0 Å². The standard InChI is InChI=1S/C17H17OP/c1-11(2)14-8-9-15-16(10-14)19-17(18-15)13-6-4-12(3)5-7-13/h4-11H,1-3H3. The number of hydrogen-bond acceptors (Lipinski definition) is 1. The Morgan fingerprint density at radius 1 is 1.00 bits per heavy atom. The van der Waals surface area contributed by atoms with Crippen LogP contribution < -0.4 is 0 Å². The molecular formula is C17H17OP. The predicted molar refractivity (Wildman–Crippen MR) is 83.0 cm³/mol. The molecule has 2 heteroatoms. The van der Waals surface area contributed by atoms with Crippen LogP contribution in [0.2, 0.25) is 0 Å². The molecule has 96 valence electrons. The molecule has 0 fully saturated rings. The van der Waals surface area contributed by atoms with Crippen molar-refractivity contribution in [2.75, 3.05) is 0 Å². The summed E-state index contributed by atoms with van der Waals surface area (Å²) in [4.78, 5) is 0. The highest BCUT2D eigenvalue weighted by Gasteiger charge is 2.08. The van der Waals surface area contributed by atoms with E-state index in [1.165, 1.54) is 30.0 Å². The first-order chi connectivity index (χ1) is 9.13. The first-order valence-corrected chi connectivity index (χ1v) is 7.50. The Morgan fingerprint density at radius 3 is 2.42 bits per heavy atom. The van der Waals surface area contributed by atoms with E-state index in [4.69, 9.17) is 4.42 Å². The fraction of sp³-hybridized carbons (Fsp3) is 0.235. The summed E-state index contributed by atoms with van der Waals surface area (Å²) in [5, 5.41) is 1.28. The lowest BCUT2D eigenvalue weighted by Gasteiger charge is -2.03. The van der Waals surface area contributed by atoms with Gasteiger partial charge in [0.2, 0.25) is 0 Å². The zero-order valence-corrected chi connectivity index (χ0v) is 12.4. The zero-order chi connectivity index (χ0) is 13.4. The number of aryl methyl sites for hydroxylation is 1. The number of hydrogen-bond donors (Lipinski definition) is 0. The van der Waals surface area contributed by atoms with Crippen molar-refractivity contribution in [3.8, 4) is 11.1 Å². The summed E-state index contributed by atoms with van der Waals surface area (Å²) in [6.07, 6.45) is 0. The van der Waals surface area contributed by atoms with Gasteiger partial charge >= 0.3 is 0 Å². The first kappa shape index (κ1) is 12.4. The second kappa shape index (κ2) is 4.83. The van der Waals surface area contributed by atoms with Crippen molar-refractivity contribution in [3.05, 3.63) is 53.6 Å². The topological polar surface area (TPSA) is 13.1 Å². The minimum absolute atomic E-state index is 0.559. The van der Waals surface area contributed by atoms with Gasteiger partial charge in [-0.25, -0.2) is 0 Å². The SMILES string of the molecule is Cc1ccc(-c2oc3ccc(C(C)C)cc3p2)cc1. The number of rotatable bonds is 2. The predicted octanol–water partition coefficient (Wildman–Crippen LogP) is 6.11. The minimum Gasteiger partial charge on any atom is -0.451 e. The van der Waals surface area contributed by atoms with Crippen molar-refractivity contribution in [3.63, 3.8) is 0 Å². The van der Waals surface area contributed by atoms with Crippen LogP contribution in [0.4, 0.5) is 0 Å². The average molecular weight is 268 g/mol. The van der Waals surface area contributed by atoms with Crippen LogP contribution in [0.25, 0.3) is 21.8 Å². The van der Waals surface area contributed by atoms with E-state index in [0.29, 0.717) is 5.92 Å². The highest BCUT2D eigenvalue weighted by Crippen LogP contribution is 2.38. The first-order valence-electron chi connectivity index (χ1n) is 6.61. The second-order valence-corrected chi connectivity index (χ2v) is 6.38. The van der Waals surface area contributed by atoms with Crippen LogP contribution in [0.1, 0.15) is 30.9 Å². The van der Waals surface area contributed by atoms with Gasteiger partial charge in [-0.05, 0) is 38.7 Å². The van der Waals surface area contributed by atoms with Gasteiger partial charge in [-0.3, -0.25) is 0 Å². The van der Waals surface area contributed by atoms with Gasteiger partial charge < -0.3 is 4.42 Å². The summed E-state index contributed by atoms with van der Waals surface area (Å²) in [5.41, 5.74) is 5.87. The molecule has 0 aliphatic carbocycles. The smallest absolute Gasteiger partial charge is 0.161 e. The van der Waals surface area contributed by atoms with E-state index in [2.05, 4.69) is 63.2 Å². The molecule has 19 heavy (non-hydrogen) atoms. The van der Waals surface area contributed by atoms with Crippen molar-refractivity contribution >= 4 is 18.9 Å². The number of benzene rings is 2. The Morgan fingerprint density at radius 2 is 1.74 bits per heavy atom. The van der Waals surface area contributed by atoms with Crippen LogP contribution in [-0.2, 0) is 0 Å². The summed E-state index contributed by atoms with van der Waals surface area (Å²) >= 11 is 0. The van der Waals surface area contributed by atoms with Gasteiger partial charge in [0, 0.05) is 10.7 Å². The largest absolute Gasteiger partial charge is 0.451 e. The Balaban J connectivity index is 2.08. The number of fused-ring (bicyclic) bond motifs is 1. The maximum absolute atomic E-state index is 5.97. The maximum Gasteiger partial charge on any atom is 0.161 e. The van der Waals surface area contributed by atoms with Crippen molar-refractivity contribution in [2.24, 2.45) is 0 Å². The summed E-state index contributed by atoms with van der Waals surface area (Å²) in [7, 11) is 1.17. The van der Waals surface area contributed by atoms with E-state index in [0.717, 1.165) is 11.1 Å². The van der Waals surface area contributed by atoms with Crippen LogP contribution >= 0.6 is 8.19 Å². The highest BCUT2D eigenvalue weighted by molar-refractivity contribution is 7.40. The summed E-state index contributed by atoms with van der Waals surface area (Å²) in [6, 6.07) is 15.0. The molecule has 0 N–H and O–H groups in total.